The fourth-order valence-corrected chi connectivity index (χ4v) is 1.76. The average Bonchev–Trinajstić information content (AvgIpc) is 2.45. The van der Waals surface area contributed by atoms with Crippen LogP contribution in [-0.4, -0.2) is 17.2 Å². The van der Waals surface area contributed by atoms with Gasteiger partial charge in [-0.3, -0.25) is 4.98 Å². The maximum atomic E-state index is 9.73. The van der Waals surface area contributed by atoms with Crippen molar-refractivity contribution in [1.29, 1.82) is 0 Å². The normalized spacial score (nSPS) is 11.9. The second kappa shape index (κ2) is 6.20. The lowest BCUT2D eigenvalue weighted by Gasteiger charge is -2.14. The Morgan fingerprint density at radius 3 is 2.79 bits per heavy atom. The summed E-state index contributed by atoms with van der Waals surface area (Å²) in [5, 5.41) is 9.73. The van der Waals surface area contributed by atoms with Crippen molar-refractivity contribution in [2.45, 2.75) is 19.6 Å². The summed E-state index contributed by atoms with van der Waals surface area (Å²) in [6.07, 6.45) is 2.88. The van der Waals surface area contributed by atoms with E-state index in [0.717, 1.165) is 11.1 Å². The molecule has 100 valence electrons. The molecule has 4 heteroatoms. The van der Waals surface area contributed by atoms with Crippen LogP contribution in [0.5, 0.6) is 11.5 Å². The van der Waals surface area contributed by atoms with E-state index < -0.39 is 6.10 Å². The van der Waals surface area contributed by atoms with E-state index in [1.165, 1.54) is 0 Å². The molecule has 0 aliphatic heterocycles. The molecule has 0 fully saturated rings. The summed E-state index contributed by atoms with van der Waals surface area (Å²) in [5.74, 6) is 1.32. The summed E-state index contributed by atoms with van der Waals surface area (Å²) in [5.41, 5.74) is 1.71. The number of methoxy groups -OCH3 is 1. The second-order valence-corrected chi connectivity index (χ2v) is 4.23. The van der Waals surface area contributed by atoms with Crippen LogP contribution in [0.25, 0.3) is 0 Å². The lowest BCUT2D eigenvalue weighted by Crippen LogP contribution is -2.01. The smallest absolute Gasteiger partial charge is 0.129 e. The molecule has 0 radical (unpaired) electrons. The fraction of sp³-hybridized carbons (Fsp3) is 0.267. The van der Waals surface area contributed by atoms with Gasteiger partial charge >= 0.3 is 0 Å². The first-order valence-electron chi connectivity index (χ1n) is 6.08. The summed E-state index contributed by atoms with van der Waals surface area (Å²) in [6.45, 7) is 2.11. The molecule has 1 aromatic heterocycles. The number of rotatable bonds is 5. The van der Waals surface area contributed by atoms with E-state index in [-0.39, 0.29) is 0 Å². The summed E-state index contributed by atoms with van der Waals surface area (Å²) >= 11 is 0. The van der Waals surface area contributed by atoms with Crippen molar-refractivity contribution >= 4 is 0 Å². The molecule has 0 aliphatic rings. The predicted octanol–water partition coefficient (Wildman–Crippen LogP) is 2.72. The topological polar surface area (TPSA) is 51.6 Å². The molecule has 4 nitrogen and oxygen atoms in total. The Morgan fingerprint density at radius 1 is 1.32 bits per heavy atom. The zero-order chi connectivity index (χ0) is 13.7. The molecule has 1 N–H and O–H groups in total. The van der Waals surface area contributed by atoms with E-state index in [1.54, 1.807) is 38.6 Å². The minimum Gasteiger partial charge on any atom is -0.497 e. The minimum atomic E-state index is -0.588. The minimum absolute atomic E-state index is 0.403. The lowest BCUT2D eigenvalue weighted by molar-refractivity contribution is 0.190. The molecule has 0 spiro atoms. The third-order valence-corrected chi connectivity index (χ3v) is 2.79. The van der Waals surface area contributed by atoms with Gasteiger partial charge in [0.05, 0.1) is 13.2 Å². The number of nitrogens with zero attached hydrogens (tertiary/aromatic N) is 1. The predicted molar refractivity (Wildman–Crippen MR) is 72.2 cm³/mol. The van der Waals surface area contributed by atoms with E-state index in [1.807, 2.05) is 18.2 Å². The Balaban J connectivity index is 2.18. The molecule has 0 saturated heterocycles. The van der Waals surface area contributed by atoms with E-state index in [9.17, 15) is 5.11 Å². The Labute approximate surface area is 112 Å². The number of ether oxygens (including phenoxy) is 2. The van der Waals surface area contributed by atoms with Crippen LogP contribution in [0, 0.1) is 0 Å². The van der Waals surface area contributed by atoms with Gasteiger partial charge in [-0.25, -0.2) is 0 Å². The van der Waals surface area contributed by atoms with Gasteiger partial charge in [0.2, 0.25) is 0 Å². The number of pyridine rings is 1. The van der Waals surface area contributed by atoms with Crippen LogP contribution < -0.4 is 9.47 Å². The van der Waals surface area contributed by atoms with Gasteiger partial charge in [0.15, 0.2) is 0 Å². The first kappa shape index (κ1) is 13.4. The lowest BCUT2D eigenvalue weighted by atomic mass is 10.1. The van der Waals surface area contributed by atoms with Crippen LogP contribution in [-0.2, 0) is 6.61 Å². The van der Waals surface area contributed by atoms with Crippen molar-refractivity contribution in [1.82, 2.24) is 4.98 Å². The highest BCUT2D eigenvalue weighted by molar-refractivity contribution is 5.41. The van der Waals surface area contributed by atoms with Crippen LogP contribution in [0.2, 0.25) is 0 Å². The van der Waals surface area contributed by atoms with Crippen LogP contribution >= 0.6 is 0 Å². The van der Waals surface area contributed by atoms with E-state index in [0.29, 0.717) is 18.1 Å². The van der Waals surface area contributed by atoms with Crippen LogP contribution in [0.3, 0.4) is 0 Å². The highest BCUT2D eigenvalue weighted by Gasteiger charge is 2.10. The molecule has 0 aliphatic carbocycles. The zero-order valence-electron chi connectivity index (χ0n) is 11.0. The summed E-state index contributed by atoms with van der Waals surface area (Å²) in [6, 6.07) is 9.19. The number of benzene rings is 1. The van der Waals surface area contributed by atoms with Gasteiger partial charge in [-0.05, 0) is 25.1 Å². The largest absolute Gasteiger partial charge is 0.497 e. The van der Waals surface area contributed by atoms with Crippen molar-refractivity contribution in [3.05, 3.63) is 53.9 Å². The Kier molecular flexibility index (Phi) is 4.36. The van der Waals surface area contributed by atoms with Crippen molar-refractivity contribution < 1.29 is 14.6 Å². The zero-order valence-corrected chi connectivity index (χ0v) is 11.0. The molecule has 1 aromatic carbocycles. The van der Waals surface area contributed by atoms with Gasteiger partial charge in [-0.2, -0.15) is 0 Å². The van der Waals surface area contributed by atoms with Gasteiger partial charge < -0.3 is 14.6 Å². The fourth-order valence-electron chi connectivity index (χ4n) is 1.76. The molecular formula is C15H17NO3. The van der Waals surface area contributed by atoms with Gasteiger partial charge in [0, 0.05) is 29.6 Å². The molecule has 2 aromatic rings. The van der Waals surface area contributed by atoms with Crippen molar-refractivity contribution in [3.63, 3.8) is 0 Å². The quantitative estimate of drug-likeness (QED) is 0.897. The van der Waals surface area contributed by atoms with E-state index in [4.69, 9.17) is 9.47 Å². The standard InChI is InChI=1S/C15H17NO3/c1-11(17)14-6-5-13(18-2)8-15(14)19-10-12-4-3-7-16-9-12/h3-9,11,17H,10H2,1-2H3/t11-/m0/s1. The van der Waals surface area contributed by atoms with Crippen molar-refractivity contribution in [2.75, 3.05) is 7.11 Å². The third kappa shape index (κ3) is 3.45. The Morgan fingerprint density at radius 2 is 2.16 bits per heavy atom. The maximum Gasteiger partial charge on any atom is 0.129 e. The van der Waals surface area contributed by atoms with E-state index in [2.05, 4.69) is 4.98 Å². The highest BCUT2D eigenvalue weighted by Crippen LogP contribution is 2.30. The molecule has 19 heavy (non-hydrogen) atoms. The molecule has 0 bridgehead atoms. The second-order valence-electron chi connectivity index (χ2n) is 4.23. The molecular weight excluding hydrogens is 242 g/mol. The SMILES string of the molecule is COc1ccc([C@H](C)O)c(OCc2cccnc2)c1. The summed E-state index contributed by atoms with van der Waals surface area (Å²) < 4.78 is 10.9. The number of hydrogen-bond acceptors (Lipinski definition) is 4. The molecule has 0 saturated carbocycles. The molecule has 0 amide bonds. The van der Waals surface area contributed by atoms with E-state index >= 15 is 0 Å². The van der Waals surface area contributed by atoms with Crippen LogP contribution in [0.15, 0.2) is 42.7 Å². The average molecular weight is 259 g/mol. The maximum absolute atomic E-state index is 9.73. The third-order valence-electron chi connectivity index (χ3n) is 2.79. The number of aromatic nitrogens is 1. The molecule has 1 heterocycles. The Bertz CT molecular complexity index is 526. The van der Waals surface area contributed by atoms with Crippen LogP contribution in [0.4, 0.5) is 0 Å². The number of aliphatic hydroxyl groups is 1. The molecule has 2 rings (SSSR count). The van der Waals surface area contributed by atoms with Gasteiger partial charge in [0.1, 0.15) is 18.1 Å². The number of hydrogen-bond donors (Lipinski definition) is 1. The monoisotopic (exact) mass is 259 g/mol. The van der Waals surface area contributed by atoms with Gasteiger partial charge in [-0.1, -0.05) is 6.07 Å². The molecule has 1 atom stereocenters. The highest BCUT2D eigenvalue weighted by atomic mass is 16.5. The number of aliphatic hydroxyl groups excluding tert-OH is 1. The molecule has 0 unspecified atom stereocenters. The van der Waals surface area contributed by atoms with Crippen molar-refractivity contribution in [2.24, 2.45) is 0 Å². The van der Waals surface area contributed by atoms with Gasteiger partial charge in [-0.15, -0.1) is 0 Å². The van der Waals surface area contributed by atoms with Crippen molar-refractivity contribution in [3.8, 4) is 11.5 Å². The first-order valence-corrected chi connectivity index (χ1v) is 6.08. The Hall–Kier alpha value is -2.07. The summed E-state index contributed by atoms with van der Waals surface area (Å²) in [4.78, 5) is 4.03. The first-order chi connectivity index (χ1) is 9.20. The summed E-state index contributed by atoms with van der Waals surface area (Å²) in [7, 11) is 1.60. The van der Waals surface area contributed by atoms with Gasteiger partial charge in [0.25, 0.3) is 0 Å². The van der Waals surface area contributed by atoms with Crippen LogP contribution in [0.1, 0.15) is 24.2 Å².